The molecule has 1 aliphatic carbocycles. The number of allylic oxidation sites excluding steroid dienone is 3. The van der Waals surface area contributed by atoms with Crippen molar-refractivity contribution in [3.63, 3.8) is 0 Å². The first-order valence-electron chi connectivity index (χ1n) is 8.77. The van der Waals surface area contributed by atoms with Crippen LogP contribution in [-0.4, -0.2) is 27.6 Å². The molecule has 144 valence electrons. The smallest absolute Gasteiger partial charge is 0.328 e. The van der Waals surface area contributed by atoms with Gasteiger partial charge in [-0.1, -0.05) is 32.1 Å². The molecule has 5 heteroatoms. The van der Waals surface area contributed by atoms with E-state index < -0.39 is 17.0 Å². The van der Waals surface area contributed by atoms with E-state index in [2.05, 4.69) is 0 Å². The first-order chi connectivity index (χ1) is 12.5. The first-order valence-corrected chi connectivity index (χ1v) is 8.77. The highest BCUT2D eigenvalue weighted by atomic mass is 19.1. The second kappa shape index (κ2) is 7.61. The summed E-state index contributed by atoms with van der Waals surface area (Å²) in [6.45, 7) is 6.97. The molecule has 1 atom stereocenters. The molecule has 1 aromatic rings. The molecule has 0 fully saturated rings. The summed E-state index contributed by atoms with van der Waals surface area (Å²) in [6.07, 6.45) is 4.64. The van der Waals surface area contributed by atoms with Crippen LogP contribution in [0.2, 0.25) is 0 Å². The van der Waals surface area contributed by atoms with Crippen molar-refractivity contribution in [1.82, 2.24) is 0 Å². The second-order valence-corrected chi connectivity index (χ2v) is 7.72. The summed E-state index contributed by atoms with van der Waals surface area (Å²) in [5.41, 5.74) is 0.161. The number of hydrogen-bond donors (Lipinski definition) is 2. The fourth-order valence-corrected chi connectivity index (χ4v) is 3.47. The zero-order valence-corrected chi connectivity index (χ0v) is 16.0. The lowest BCUT2D eigenvalue weighted by Crippen LogP contribution is -2.49. The highest BCUT2D eigenvalue weighted by Gasteiger charge is 2.49. The molecule has 2 rings (SSSR count). The van der Waals surface area contributed by atoms with E-state index in [1.165, 1.54) is 12.1 Å². The molecule has 0 saturated heterocycles. The van der Waals surface area contributed by atoms with Gasteiger partial charge >= 0.3 is 5.97 Å². The van der Waals surface area contributed by atoms with Crippen molar-refractivity contribution in [3.8, 4) is 0 Å². The zero-order chi connectivity index (χ0) is 20.4. The van der Waals surface area contributed by atoms with Crippen molar-refractivity contribution in [3.05, 3.63) is 70.6 Å². The number of aliphatic carboxylic acids is 1. The Balaban J connectivity index is 2.48. The van der Waals surface area contributed by atoms with Gasteiger partial charge in [-0.2, -0.15) is 0 Å². The van der Waals surface area contributed by atoms with E-state index in [9.17, 15) is 19.1 Å². The molecule has 0 amide bonds. The van der Waals surface area contributed by atoms with Gasteiger partial charge < -0.3 is 10.2 Å². The summed E-state index contributed by atoms with van der Waals surface area (Å²) in [4.78, 5) is 23.5. The van der Waals surface area contributed by atoms with Crippen molar-refractivity contribution in [2.45, 2.75) is 46.1 Å². The fourth-order valence-electron chi connectivity index (χ4n) is 3.47. The monoisotopic (exact) mass is 372 g/mol. The van der Waals surface area contributed by atoms with E-state index in [0.29, 0.717) is 23.1 Å². The maximum atomic E-state index is 13.1. The number of halogens is 1. The molecule has 2 N–H and O–H groups in total. The quantitative estimate of drug-likeness (QED) is 0.605. The van der Waals surface area contributed by atoms with Gasteiger partial charge in [0.25, 0.3) is 0 Å². The minimum atomic E-state index is -1.40. The average molecular weight is 372 g/mol. The van der Waals surface area contributed by atoms with Crippen LogP contribution in [0.4, 0.5) is 4.39 Å². The maximum absolute atomic E-state index is 13.1. The number of aliphatic hydroxyl groups is 1. The van der Waals surface area contributed by atoms with Crippen molar-refractivity contribution in [2.75, 3.05) is 0 Å². The minimum absolute atomic E-state index is 0.0438. The molecule has 27 heavy (non-hydrogen) atoms. The lowest BCUT2D eigenvalue weighted by atomic mass is 9.62. The minimum Gasteiger partial charge on any atom is -0.478 e. The molecule has 4 nitrogen and oxygen atoms in total. The number of carbonyl (C=O) groups is 2. The van der Waals surface area contributed by atoms with Crippen LogP contribution in [-0.2, 0) is 16.0 Å². The number of ketones is 1. The normalized spacial score (nSPS) is 23.2. The van der Waals surface area contributed by atoms with Gasteiger partial charge in [0.2, 0.25) is 0 Å². The summed E-state index contributed by atoms with van der Waals surface area (Å²) in [5.74, 6) is -1.45. The Kier molecular flexibility index (Phi) is 5.85. The van der Waals surface area contributed by atoms with Gasteiger partial charge in [-0.3, -0.25) is 4.79 Å². The molecule has 0 saturated carbocycles. The molecule has 0 aliphatic heterocycles. The fraction of sp³-hybridized carbons (Fsp3) is 0.364. The Morgan fingerprint density at radius 2 is 1.85 bits per heavy atom. The van der Waals surface area contributed by atoms with Crippen LogP contribution < -0.4 is 0 Å². The third-order valence-electron chi connectivity index (χ3n) is 5.23. The maximum Gasteiger partial charge on any atom is 0.328 e. The molecule has 0 heterocycles. The van der Waals surface area contributed by atoms with E-state index in [1.54, 1.807) is 38.1 Å². The second-order valence-electron chi connectivity index (χ2n) is 7.72. The predicted octanol–water partition coefficient (Wildman–Crippen LogP) is 4.00. The number of carbonyl (C=O) groups excluding carboxylic acids is 1. The van der Waals surface area contributed by atoms with Crippen LogP contribution >= 0.6 is 0 Å². The average Bonchev–Trinajstić information content (AvgIpc) is 2.56. The highest BCUT2D eigenvalue weighted by Crippen LogP contribution is 2.47. The number of rotatable bonds is 5. The van der Waals surface area contributed by atoms with E-state index in [1.807, 2.05) is 13.8 Å². The molecule has 0 spiro atoms. The highest BCUT2D eigenvalue weighted by molar-refractivity contribution is 5.98. The predicted molar refractivity (Wildman–Crippen MR) is 102 cm³/mol. The van der Waals surface area contributed by atoms with Crippen LogP contribution in [0.15, 0.2) is 59.2 Å². The van der Waals surface area contributed by atoms with Gasteiger partial charge in [-0.15, -0.1) is 0 Å². The number of Topliss-reactive ketones (excluding diaryl/α,β-unsaturated/α-hetero) is 1. The molecule has 0 radical (unpaired) electrons. The Hall–Kier alpha value is -2.53. The Bertz CT molecular complexity index is 844. The van der Waals surface area contributed by atoms with Crippen LogP contribution in [0.3, 0.4) is 0 Å². The number of carboxylic acid groups (broad SMARTS) is 1. The third-order valence-corrected chi connectivity index (χ3v) is 5.23. The zero-order valence-electron chi connectivity index (χ0n) is 16.0. The van der Waals surface area contributed by atoms with Gasteiger partial charge in [-0.25, -0.2) is 9.18 Å². The number of benzene rings is 1. The molecule has 0 unspecified atom stereocenters. The molecule has 0 bridgehead atoms. The SMILES string of the molecule is CC1=C(Cc2ccc(F)cc2)C(=O)CC(C)(C)[C@@]1(O)/C=C/C(C)=C\C(=O)O. The summed E-state index contributed by atoms with van der Waals surface area (Å²) in [5, 5.41) is 20.3. The largest absolute Gasteiger partial charge is 0.478 e. The standard InChI is InChI=1S/C22H25FO4/c1-14(11-20(25)26)9-10-22(27)15(2)18(19(24)13-21(22,3)4)12-16-5-7-17(23)8-6-16/h5-11,27H,12-13H2,1-4H3,(H,25,26)/b10-9+,14-11-/t22-/m1/s1. The van der Waals surface area contributed by atoms with Gasteiger partial charge in [0.05, 0.1) is 0 Å². The molecule has 0 aromatic heterocycles. The summed E-state index contributed by atoms with van der Waals surface area (Å²) in [6, 6.07) is 5.93. The van der Waals surface area contributed by atoms with Crippen LogP contribution in [0.25, 0.3) is 0 Å². The number of hydrogen-bond acceptors (Lipinski definition) is 3. The van der Waals surface area contributed by atoms with Crippen molar-refractivity contribution in [2.24, 2.45) is 5.41 Å². The summed E-state index contributed by atoms with van der Waals surface area (Å²) >= 11 is 0. The lowest BCUT2D eigenvalue weighted by Gasteiger charge is -2.45. The molecule has 1 aromatic carbocycles. The Labute approximate surface area is 158 Å². The number of carboxylic acids is 1. The topological polar surface area (TPSA) is 74.6 Å². The van der Waals surface area contributed by atoms with Gasteiger partial charge in [0, 0.05) is 29.9 Å². The Morgan fingerprint density at radius 3 is 2.41 bits per heavy atom. The first kappa shape index (κ1) is 20.8. The van der Waals surface area contributed by atoms with E-state index in [-0.39, 0.29) is 18.0 Å². The van der Waals surface area contributed by atoms with Gasteiger partial charge in [0.15, 0.2) is 5.78 Å². The molecular weight excluding hydrogens is 347 g/mol. The molecule has 1 aliphatic rings. The van der Waals surface area contributed by atoms with Crippen molar-refractivity contribution < 1.29 is 24.2 Å². The Morgan fingerprint density at radius 1 is 1.26 bits per heavy atom. The van der Waals surface area contributed by atoms with Crippen LogP contribution in [0, 0.1) is 11.2 Å². The van der Waals surface area contributed by atoms with Crippen LogP contribution in [0.5, 0.6) is 0 Å². The van der Waals surface area contributed by atoms with Crippen molar-refractivity contribution in [1.29, 1.82) is 0 Å². The van der Waals surface area contributed by atoms with E-state index >= 15 is 0 Å². The van der Waals surface area contributed by atoms with Gasteiger partial charge in [0.1, 0.15) is 11.4 Å². The summed E-state index contributed by atoms with van der Waals surface area (Å²) in [7, 11) is 0. The van der Waals surface area contributed by atoms with E-state index in [0.717, 1.165) is 11.6 Å². The van der Waals surface area contributed by atoms with E-state index in [4.69, 9.17) is 5.11 Å². The van der Waals surface area contributed by atoms with Crippen LogP contribution in [0.1, 0.15) is 39.7 Å². The van der Waals surface area contributed by atoms with Crippen molar-refractivity contribution >= 4 is 11.8 Å². The third kappa shape index (κ3) is 4.42. The van der Waals surface area contributed by atoms with Gasteiger partial charge in [-0.05, 0) is 48.8 Å². The molecular formula is C22H25FO4. The lowest BCUT2D eigenvalue weighted by molar-refractivity contribution is -0.131. The summed E-state index contributed by atoms with van der Waals surface area (Å²) < 4.78 is 13.1.